The summed E-state index contributed by atoms with van der Waals surface area (Å²) in [5.41, 5.74) is 0. The molecule has 0 radical (unpaired) electrons. The Labute approximate surface area is 148 Å². The summed E-state index contributed by atoms with van der Waals surface area (Å²) >= 11 is 0. The average molecular weight is 346 g/mol. The van der Waals surface area contributed by atoms with Crippen LogP contribution in [0.3, 0.4) is 0 Å². The minimum absolute atomic E-state index is 0. The Bertz CT molecular complexity index is 326. The summed E-state index contributed by atoms with van der Waals surface area (Å²) in [5, 5.41) is 3.24. The molecular formula is C18H36ClN3O. The van der Waals surface area contributed by atoms with Crippen molar-refractivity contribution in [3.8, 4) is 0 Å². The van der Waals surface area contributed by atoms with Crippen LogP contribution in [0.4, 0.5) is 0 Å². The standard InChI is InChI=1S/C18H35N3O.ClH/c1-3-21(17-7-5-4-6-8-17)18(22)15-20-13-10-16(11-14-20)9-12-19-2;/h16-17,19H,3-15H2,1-2H3;1H. The van der Waals surface area contributed by atoms with Gasteiger partial charge in [-0.15, -0.1) is 12.4 Å². The maximum atomic E-state index is 12.7. The molecule has 0 aromatic rings. The van der Waals surface area contributed by atoms with Gasteiger partial charge in [0.25, 0.3) is 0 Å². The van der Waals surface area contributed by atoms with Gasteiger partial charge in [0.05, 0.1) is 6.54 Å². The first-order chi connectivity index (χ1) is 10.7. The van der Waals surface area contributed by atoms with Crippen molar-refractivity contribution in [2.24, 2.45) is 5.92 Å². The molecule has 1 saturated heterocycles. The third kappa shape index (κ3) is 6.60. The van der Waals surface area contributed by atoms with Crippen LogP contribution in [0.5, 0.6) is 0 Å². The molecule has 0 aromatic heterocycles. The highest BCUT2D eigenvalue weighted by atomic mass is 35.5. The fourth-order valence-electron chi connectivity index (χ4n) is 4.09. The number of nitrogens with one attached hydrogen (secondary N) is 1. The van der Waals surface area contributed by atoms with Gasteiger partial charge in [0.2, 0.25) is 5.91 Å². The van der Waals surface area contributed by atoms with Crippen LogP contribution in [-0.4, -0.2) is 61.5 Å². The van der Waals surface area contributed by atoms with Gasteiger partial charge in [-0.1, -0.05) is 19.3 Å². The fourth-order valence-corrected chi connectivity index (χ4v) is 4.09. The lowest BCUT2D eigenvalue weighted by Gasteiger charge is -2.37. The van der Waals surface area contributed by atoms with E-state index in [4.69, 9.17) is 0 Å². The van der Waals surface area contributed by atoms with E-state index in [1.165, 1.54) is 51.4 Å². The number of hydrogen-bond acceptors (Lipinski definition) is 3. The third-order valence-electron chi connectivity index (χ3n) is 5.55. The van der Waals surface area contributed by atoms with E-state index in [1.807, 2.05) is 7.05 Å². The van der Waals surface area contributed by atoms with Crippen molar-refractivity contribution in [1.82, 2.24) is 15.1 Å². The van der Waals surface area contributed by atoms with Gasteiger partial charge in [-0.25, -0.2) is 0 Å². The normalized spacial score (nSPS) is 21.0. The number of likely N-dealkylation sites (tertiary alicyclic amines) is 1. The second kappa shape index (κ2) is 11.3. The van der Waals surface area contributed by atoms with Gasteiger partial charge >= 0.3 is 0 Å². The molecule has 0 bridgehead atoms. The maximum absolute atomic E-state index is 12.7. The van der Waals surface area contributed by atoms with Crippen LogP contribution in [0.25, 0.3) is 0 Å². The average Bonchev–Trinajstić information content (AvgIpc) is 2.56. The molecule has 1 aliphatic carbocycles. The molecule has 1 amide bonds. The van der Waals surface area contributed by atoms with E-state index in [1.54, 1.807) is 0 Å². The van der Waals surface area contributed by atoms with Gasteiger partial charge in [0, 0.05) is 12.6 Å². The van der Waals surface area contributed by atoms with Gasteiger partial charge in [0.15, 0.2) is 0 Å². The van der Waals surface area contributed by atoms with E-state index in [0.717, 1.165) is 32.1 Å². The topological polar surface area (TPSA) is 35.6 Å². The summed E-state index contributed by atoms with van der Waals surface area (Å²) in [5.74, 6) is 1.21. The van der Waals surface area contributed by atoms with Crippen LogP contribution in [0.2, 0.25) is 0 Å². The molecule has 2 fully saturated rings. The summed E-state index contributed by atoms with van der Waals surface area (Å²) in [6.07, 6.45) is 10.2. The zero-order valence-corrected chi connectivity index (χ0v) is 15.9. The highest BCUT2D eigenvalue weighted by Gasteiger charge is 2.27. The number of halogens is 1. The summed E-state index contributed by atoms with van der Waals surface area (Å²) in [7, 11) is 2.03. The summed E-state index contributed by atoms with van der Waals surface area (Å²) < 4.78 is 0. The number of carbonyl (C=O) groups excluding carboxylic acids is 1. The van der Waals surface area contributed by atoms with Gasteiger partial charge < -0.3 is 10.2 Å². The summed E-state index contributed by atoms with van der Waals surface area (Å²) in [6.45, 7) is 6.97. The summed E-state index contributed by atoms with van der Waals surface area (Å²) in [6, 6.07) is 0.513. The number of nitrogens with zero attached hydrogens (tertiary/aromatic N) is 2. The molecule has 1 N–H and O–H groups in total. The second-order valence-corrected chi connectivity index (χ2v) is 7.08. The van der Waals surface area contributed by atoms with Gasteiger partial charge in [-0.05, 0) is 71.6 Å². The minimum Gasteiger partial charge on any atom is -0.339 e. The molecule has 0 spiro atoms. The number of rotatable bonds is 7. The predicted molar refractivity (Wildman–Crippen MR) is 99.2 cm³/mol. The first kappa shape index (κ1) is 20.7. The Morgan fingerprint density at radius 3 is 2.35 bits per heavy atom. The van der Waals surface area contributed by atoms with E-state index >= 15 is 0 Å². The number of likely N-dealkylation sites (N-methyl/N-ethyl adjacent to an activating group) is 1. The Morgan fingerprint density at radius 1 is 1.13 bits per heavy atom. The second-order valence-electron chi connectivity index (χ2n) is 7.08. The Balaban J connectivity index is 0.00000264. The van der Waals surface area contributed by atoms with Crippen molar-refractivity contribution in [3.05, 3.63) is 0 Å². The zero-order chi connectivity index (χ0) is 15.8. The molecule has 5 heteroatoms. The molecule has 1 heterocycles. The first-order valence-corrected chi connectivity index (χ1v) is 9.41. The van der Waals surface area contributed by atoms with Crippen LogP contribution in [0.15, 0.2) is 0 Å². The van der Waals surface area contributed by atoms with Gasteiger partial charge in [-0.2, -0.15) is 0 Å². The highest BCUT2D eigenvalue weighted by molar-refractivity contribution is 5.85. The zero-order valence-electron chi connectivity index (χ0n) is 15.1. The van der Waals surface area contributed by atoms with Crippen LogP contribution in [0.1, 0.15) is 58.3 Å². The molecule has 23 heavy (non-hydrogen) atoms. The van der Waals surface area contributed by atoms with Crippen molar-refractivity contribution in [2.75, 3.05) is 39.8 Å². The molecule has 0 atom stereocenters. The number of hydrogen-bond donors (Lipinski definition) is 1. The van der Waals surface area contributed by atoms with Crippen molar-refractivity contribution >= 4 is 18.3 Å². The van der Waals surface area contributed by atoms with Crippen molar-refractivity contribution < 1.29 is 4.79 Å². The first-order valence-electron chi connectivity index (χ1n) is 9.41. The lowest BCUT2D eigenvalue weighted by atomic mass is 9.93. The molecule has 2 rings (SSSR count). The molecular weight excluding hydrogens is 310 g/mol. The van der Waals surface area contributed by atoms with Crippen molar-refractivity contribution in [3.63, 3.8) is 0 Å². The van der Waals surface area contributed by atoms with Crippen LogP contribution in [0, 0.1) is 5.92 Å². The number of carbonyl (C=O) groups is 1. The summed E-state index contributed by atoms with van der Waals surface area (Å²) in [4.78, 5) is 17.2. The van der Waals surface area contributed by atoms with Crippen molar-refractivity contribution in [1.29, 1.82) is 0 Å². The van der Waals surface area contributed by atoms with Crippen LogP contribution >= 0.6 is 12.4 Å². The minimum atomic E-state index is 0. The third-order valence-corrected chi connectivity index (χ3v) is 5.55. The maximum Gasteiger partial charge on any atom is 0.236 e. The van der Waals surface area contributed by atoms with Crippen LogP contribution < -0.4 is 5.32 Å². The largest absolute Gasteiger partial charge is 0.339 e. The molecule has 2 aliphatic rings. The number of amides is 1. The van der Waals surface area contributed by atoms with E-state index < -0.39 is 0 Å². The fraction of sp³-hybridized carbons (Fsp3) is 0.944. The smallest absolute Gasteiger partial charge is 0.236 e. The molecule has 0 aromatic carbocycles. The number of piperidine rings is 1. The molecule has 1 saturated carbocycles. The lowest BCUT2D eigenvalue weighted by Crippen LogP contribution is -2.47. The Kier molecular flexibility index (Phi) is 10.2. The molecule has 136 valence electrons. The lowest BCUT2D eigenvalue weighted by molar-refractivity contribution is -0.135. The van der Waals surface area contributed by atoms with E-state index in [-0.39, 0.29) is 12.4 Å². The predicted octanol–water partition coefficient (Wildman–Crippen LogP) is 2.91. The SMILES string of the molecule is CCN(C(=O)CN1CCC(CCNC)CC1)C1CCCCC1.Cl. The van der Waals surface area contributed by atoms with Crippen LogP contribution in [-0.2, 0) is 4.79 Å². The van der Waals surface area contributed by atoms with E-state index in [0.29, 0.717) is 18.5 Å². The van der Waals surface area contributed by atoms with Gasteiger partial charge in [0.1, 0.15) is 0 Å². The van der Waals surface area contributed by atoms with Crippen molar-refractivity contribution in [2.45, 2.75) is 64.3 Å². The Morgan fingerprint density at radius 2 is 1.78 bits per heavy atom. The monoisotopic (exact) mass is 345 g/mol. The highest BCUT2D eigenvalue weighted by Crippen LogP contribution is 2.24. The molecule has 4 nitrogen and oxygen atoms in total. The van der Waals surface area contributed by atoms with E-state index in [2.05, 4.69) is 22.0 Å². The Hall–Kier alpha value is -0.320. The molecule has 1 aliphatic heterocycles. The van der Waals surface area contributed by atoms with E-state index in [9.17, 15) is 4.79 Å². The quantitative estimate of drug-likeness (QED) is 0.770. The molecule has 0 unspecified atom stereocenters. The van der Waals surface area contributed by atoms with Gasteiger partial charge in [-0.3, -0.25) is 9.69 Å².